The van der Waals surface area contributed by atoms with Crippen molar-refractivity contribution in [2.75, 3.05) is 4.90 Å². The summed E-state index contributed by atoms with van der Waals surface area (Å²) in [4.78, 5) is 3.86. The van der Waals surface area contributed by atoms with Crippen LogP contribution in [0.25, 0.3) is 76.5 Å². The second-order valence-electron chi connectivity index (χ2n) is 18.4. The van der Waals surface area contributed by atoms with Crippen LogP contribution in [-0.4, -0.2) is 4.57 Å². The van der Waals surface area contributed by atoms with Crippen LogP contribution >= 0.6 is 11.3 Å². The highest BCUT2D eigenvalue weighted by atomic mass is 32.1. The highest BCUT2D eigenvalue weighted by molar-refractivity contribution is 7.21. The number of hydrogen-bond acceptors (Lipinski definition) is 2. The Morgan fingerprint density at radius 1 is 0.470 bits per heavy atom. The smallest absolute Gasteiger partial charge is 0.0640 e. The Morgan fingerprint density at radius 2 is 1.08 bits per heavy atom. The van der Waals surface area contributed by atoms with Gasteiger partial charge in [-0.05, 0) is 146 Å². The molecule has 0 bridgehead atoms. The number of anilines is 3. The van der Waals surface area contributed by atoms with Gasteiger partial charge in [-0.3, -0.25) is 0 Å². The highest BCUT2D eigenvalue weighted by Crippen LogP contribution is 2.52. The second-order valence-corrected chi connectivity index (χ2v) is 19.4. The van der Waals surface area contributed by atoms with Gasteiger partial charge in [-0.15, -0.1) is 11.3 Å². The van der Waals surface area contributed by atoms with E-state index in [-0.39, 0.29) is 5.41 Å². The fourth-order valence-corrected chi connectivity index (χ4v) is 12.4. The van der Waals surface area contributed by atoms with E-state index >= 15 is 0 Å². The average Bonchev–Trinajstić information content (AvgIpc) is 4.00. The fraction of sp³-hybridized carbons (Fsp3) is 0.0794. The lowest BCUT2D eigenvalue weighted by atomic mass is 9.82. The number of aromatic nitrogens is 1. The molecule has 11 aromatic rings. The molecule has 0 N–H and O–H groups in total. The first kappa shape index (κ1) is 38.7. The van der Waals surface area contributed by atoms with Crippen molar-refractivity contribution in [3.63, 3.8) is 0 Å². The van der Waals surface area contributed by atoms with Gasteiger partial charge in [0, 0.05) is 38.1 Å². The number of aryl methyl sites for hydroxylation is 1. The molecule has 3 heteroatoms. The number of benzene rings is 9. The first-order valence-electron chi connectivity index (χ1n) is 23.1. The minimum atomic E-state index is -0.0840. The maximum Gasteiger partial charge on any atom is 0.0640 e. The SMILES string of the molecule is CC1(C)c2ccccc2-c2cc3c4cc(-c5ccc(N(c6ccc(-c7ccccc7)cc6)c6cccc7c8c(sc67)C(c6ccccc6)=CCC8)cc5)ccc4n(-c4ccccc4)c3cc21. The predicted octanol–water partition coefficient (Wildman–Crippen LogP) is 17.5. The van der Waals surface area contributed by atoms with Gasteiger partial charge in [0.15, 0.2) is 0 Å². The van der Waals surface area contributed by atoms with Gasteiger partial charge >= 0.3 is 0 Å². The molecule has 0 saturated heterocycles. The largest absolute Gasteiger partial charge is 0.309 e. The third kappa shape index (κ3) is 6.07. The third-order valence-corrected chi connectivity index (χ3v) is 15.6. The van der Waals surface area contributed by atoms with Crippen molar-refractivity contribution in [1.29, 1.82) is 0 Å². The Labute approximate surface area is 390 Å². The van der Waals surface area contributed by atoms with Crippen molar-refractivity contribution in [3.05, 3.63) is 246 Å². The molecule has 0 radical (unpaired) electrons. The van der Waals surface area contributed by atoms with E-state index < -0.39 is 0 Å². The lowest BCUT2D eigenvalue weighted by Gasteiger charge is -2.26. The quantitative estimate of drug-likeness (QED) is 0.155. The molecule has 0 aliphatic heterocycles. The van der Waals surface area contributed by atoms with Crippen molar-refractivity contribution in [2.45, 2.75) is 32.1 Å². The molecule has 0 fully saturated rings. The standard InChI is InChI=1S/C63H46N2S/c1-63(2)56-26-13-12-22-50(56)53-39-55-54-38-45(32-37-58(54)65(60(55)40-57(53)63)46-20-10-5-11-21-46)43-30-35-48(36-31-43)64(47-33-28-42(29-34-47)41-16-6-3-7-17-41)59-27-15-25-52-51-24-14-23-49(61(51)66-62(52)59)44-18-8-4-9-19-44/h3-13,15-23,25-40H,14,24H2,1-2H3. The number of fused-ring (bicyclic) bond motifs is 9. The number of para-hydroxylation sites is 1. The van der Waals surface area contributed by atoms with E-state index in [0.29, 0.717) is 0 Å². The molecule has 2 aliphatic carbocycles. The zero-order chi connectivity index (χ0) is 43.9. The molecule has 0 amide bonds. The van der Waals surface area contributed by atoms with Gasteiger partial charge < -0.3 is 9.47 Å². The van der Waals surface area contributed by atoms with Crippen LogP contribution in [0.2, 0.25) is 0 Å². The van der Waals surface area contributed by atoms with E-state index in [9.17, 15) is 0 Å². The van der Waals surface area contributed by atoms with Gasteiger partial charge in [-0.1, -0.05) is 166 Å². The highest BCUT2D eigenvalue weighted by Gasteiger charge is 2.36. The summed E-state index contributed by atoms with van der Waals surface area (Å²) in [7, 11) is 0. The topological polar surface area (TPSA) is 8.17 Å². The molecule has 2 aromatic heterocycles. The first-order chi connectivity index (χ1) is 32.5. The van der Waals surface area contributed by atoms with E-state index in [2.05, 4.69) is 242 Å². The minimum Gasteiger partial charge on any atom is -0.309 e. The molecule has 0 unspecified atom stereocenters. The Morgan fingerprint density at radius 3 is 1.80 bits per heavy atom. The van der Waals surface area contributed by atoms with Crippen LogP contribution in [-0.2, 0) is 11.8 Å². The van der Waals surface area contributed by atoms with E-state index in [1.807, 2.05) is 11.3 Å². The molecule has 9 aromatic carbocycles. The molecule has 314 valence electrons. The predicted molar refractivity (Wildman–Crippen MR) is 281 cm³/mol. The Bertz CT molecular complexity index is 3690. The van der Waals surface area contributed by atoms with Gasteiger partial charge in [0.1, 0.15) is 0 Å². The summed E-state index contributed by atoms with van der Waals surface area (Å²) in [5.74, 6) is 0. The van der Waals surface area contributed by atoms with Crippen molar-refractivity contribution in [1.82, 2.24) is 4.57 Å². The number of hydrogen-bond donors (Lipinski definition) is 0. The average molecular weight is 863 g/mol. The van der Waals surface area contributed by atoms with E-state index in [4.69, 9.17) is 0 Å². The lowest BCUT2D eigenvalue weighted by molar-refractivity contribution is 0.661. The summed E-state index contributed by atoms with van der Waals surface area (Å²) in [6.07, 6.45) is 4.54. The Balaban J connectivity index is 0.948. The van der Waals surface area contributed by atoms with Crippen LogP contribution in [0.4, 0.5) is 17.1 Å². The molecule has 0 atom stereocenters. The zero-order valence-corrected chi connectivity index (χ0v) is 37.8. The summed E-state index contributed by atoms with van der Waals surface area (Å²) in [5.41, 5.74) is 21.4. The number of thiophene rings is 1. The number of nitrogens with zero attached hydrogens (tertiary/aromatic N) is 2. The normalized spacial score (nSPS) is 13.7. The Hall–Kier alpha value is -7.72. The van der Waals surface area contributed by atoms with Crippen LogP contribution in [0.15, 0.2) is 218 Å². The van der Waals surface area contributed by atoms with Crippen LogP contribution in [0, 0.1) is 0 Å². The molecule has 2 aliphatic rings. The molecule has 66 heavy (non-hydrogen) atoms. The van der Waals surface area contributed by atoms with Crippen molar-refractivity contribution >= 4 is 65.9 Å². The maximum atomic E-state index is 2.47. The van der Waals surface area contributed by atoms with Crippen molar-refractivity contribution in [2.24, 2.45) is 0 Å². The summed E-state index contributed by atoms with van der Waals surface area (Å²) in [6.45, 7) is 4.74. The van der Waals surface area contributed by atoms with Crippen LogP contribution in [0.1, 0.15) is 47.4 Å². The summed E-state index contributed by atoms with van der Waals surface area (Å²) in [6, 6.07) is 78.6. The molecular formula is C63H46N2S. The van der Waals surface area contributed by atoms with Gasteiger partial charge in [0.05, 0.1) is 21.4 Å². The summed E-state index contributed by atoms with van der Waals surface area (Å²) >= 11 is 1.94. The summed E-state index contributed by atoms with van der Waals surface area (Å²) in [5, 5.41) is 3.90. The third-order valence-electron chi connectivity index (χ3n) is 14.3. The lowest BCUT2D eigenvalue weighted by Crippen LogP contribution is -2.14. The number of allylic oxidation sites excluding steroid dienone is 1. The van der Waals surface area contributed by atoms with Crippen LogP contribution in [0.3, 0.4) is 0 Å². The Kier molecular flexibility index (Phi) is 8.91. The molecule has 0 spiro atoms. The van der Waals surface area contributed by atoms with Gasteiger partial charge in [-0.25, -0.2) is 0 Å². The van der Waals surface area contributed by atoms with Crippen molar-refractivity contribution < 1.29 is 0 Å². The molecule has 2 heterocycles. The van der Waals surface area contributed by atoms with E-state index in [0.717, 1.165) is 24.2 Å². The van der Waals surface area contributed by atoms with Gasteiger partial charge in [-0.2, -0.15) is 0 Å². The molecule has 2 nitrogen and oxygen atoms in total. The monoisotopic (exact) mass is 862 g/mol. The van der Waals surface area contributed by atoms with Gasteiger partial charge in [0.25, 0.3) is 0 Å². The fourth-order valence-electron chi connectivity index (χ4n) is 11.0. The van der Waals surface area contributed by atoms with Crippen molar-refractivity contribution in [3.8, 4) is 39.1 Å². The zero-order valence-electron chi connectivity index (χ0n) is 37.0. The molecular weight excluding hydrogens is 817 g/mol. The van der Waals surface area contributed by atoms with Crippen LogP contribution in [0.5, 0.6) is 0 Å². The van der Waals surface area contributed by atoms with E-state index in [1.54, 1.807) is 0 Å². The molecule has 0 saturated carbocycles. The molecule has 13 rings (SSSR count). The van der Waals surface area contributed by atoms with E-state index in [1.165, 1.54) is 109 Å². The minimum absolute atomic E-state index is 0.0840. The second kappa shape index (κ2) is 15.2. The first-order valence-corrected chi connectivity index (χ1v) is 24.0. The summed E-state index contributed by atoms with van der Waals surface area (Å²) < 4.78 is 3.78. The number of rotatable bonds is 7. The maximum absolute atomic E-state index is 2.47. The van der Waals surface area contributed by atoms with Gasteiger partial charge in [0.2, 0.25) is 0 Å². The van der Waals surface area contributed by atoms with Crippen LogP contribution < -0.4 is 4.90 Å².